The number of ether oxygens (including phenoxy) is 8. The fraction of sp³-hybridized carbons (Fsp3) is 0.800. The molecule has 0 aromatic carbocycles. The topological polar surface area (TPSA) is 183 Å². The molecule has 40 heavy (non-hydrogen) atoms. The lowest BCUT2D eigenvalue weighted by molar-refractivity contribution is -0.271. The molecule has 0 spiro atoms. The van der Waals surface area contributed by atoms with Gasteiger partial charge in [0.1, 0.15) is 24.4 Å². The predicted octanol–water partition coefficient (Wildman–Crippen LogP) is 0.217. The minimum absolute atomic E-state index is 0.185. The van der Waals surface area contributed by atoms with Crippen molar-refractivity contribution in [3.8, 4) is 0 Å². The number of nitrogens with one attached hydrogen (secondary N) is 2. The van der Waals surface area contributed by atoms with Crippen LogP contribution in [0.4, 0.5) is 4.79 Å². The van der Waals surface area contributed by atoms with Crippen molar-refractivity contribution in [1.82, 2.24) is 10.6 Å². The molecule has 0 aliphatic carbocycles. The van der Waals surface area contributed by atoms with Crippen LogP contribution in [-0.4, -0.2) is 112 Å². The lowest BCUT2D eigenvalue weighted by atomic mass is 9.96. The first-order chi connectivity index (χ1) is 18.7. The van der Waals surface area contributed by atoms with Crippen LogP contribution in [0.1, 0.15) is 48.5 Å². The Morgan fingerprint density at radius 1 is 0.725 bits per heavy atom. The third-order valence-electron chi connectivity index (χ3n) is 4.90. The Morgan fingerprint density at radius 3 is 1.80 bits per heavy atom. The molecule has 1 unspecified atom stereocenters. The first-order valence-corrected chi connectivity index (χ1v) is 12.9. The Morgan fingerprint density at radius 2 is 1.27 bits per heavy atom. The molecule has 1 aliphatic rings. The number of hydrogen-bond donors (Lipinski definition) is 2. The van der Waals surface area contributed by atoms with E-state index in [2.05, 4.69) is 10.6 Å². The second-order valence-electron chi connectivity index (χ2n) is 9.74. The molecule has 0 aromatic rings. The Bertz CT molecular complexity index is 845. The average molecular weight is 579 g/mol. The van der Waals surface area contributed by atoms with Gasteiger partial charge >= 0.3 is 30.0 Å². The van der Waals surface area contributed by atoms with Crippen LogP contribution in [0.25, 0.3) is 0 Å². The number of rotatable bonds is 15. The highest BCUT2D eigenvalue weighted by molar-refractivity contribution is 5.68. The van der Waals surface area contributed by atoms with Gasteiger partial charge < -0.3 is 48.5 Å². The van der Waals surface area contributed by atoms with E-state index in [1.54, 1.807) is 20.8 Å². The molecular weight excluding hydrogens is 536 g/mol. The van der Waals surface area contributed by atoms with Crippen molar-refractivity contribution >= 4 is 30.0 Å². The molecule has 1 rings (SSSR count). The van der Waals surface area contributed by atoms with Crippen molar-refractivity contribution in [2.24, 2.45) is 0 Å². The minimum Gasteiger partial charge on any atom is -0.463 e. The van der Waals surface area contributed by atoms with E-state index in [4.69, 9.17) is 37.9 Å². The zero-order chi connectivity index (χ0) is 30.3. The first kappa shape index (κ1) is 35.0. The van der Waals surface area contributed by atoms with E-state index in [1.807, 2.05) is 0 Å². The summed E-state index contributed by atoms with van der Waals surface area (Å²) in [4.78, 5) is 58.4. The van der Waals surface area contributed by atoms with Crippen molar-refractivity contribution in [2.45, 2.75) is 84.7 Å². The molecule has 15 nitrogen and oxygen atoms in total. The van der Waals surface area contributed by atoms with Crippen LogP contribution < -0.4 is 10.6 Å². The maximum absolute atomic E-state index is 11.9. The van der Waals surface area contributed by atoms with E-state index in [9.17, 15) is 24.0 Å². The predicted molar refractivity (Wildman–Crippen MR) is 136 cm³/mol. The molecular formula is C25H42N2O13. The molecule has 1 fully saturated rings. The zero-order valence-corrected chi connectivity index (χ0v) is 24.1. The molecule has 1 amide bonds. The number of amides is 1. The minimum atomic E-state index is -1.27. The van der Waals surface area contributed by atoms with Crippen LogP contribution in [0.15, 0.2) is 0 Å². The van der Waals surface area contributed by atoms with Crippen molar-refractivity contribution in [3.63, 3.8) is 0 Å². The van der Waals surface area contributed by atoms with Gasteiger partial charge in [0.05, 0.1) is 26.4 Å². The van der Waals surface area contributed by atoms with Gasteiger partial charge in [0.25, 0.3) is 0 Å². The molecule has 0 aromatic heterocycles. The van der Waals surface area contributed by atoms with Crippen molar-refractivity contribution in [2.75, 3.05) is 46.1 Å². The van der Waals surface area contributed by atoms with Crippen LogP contribution >= 0.6 is 0 Å². The van der Waals surface area contributed by atoms with Gasteiger partial charge in [-0.15, -0.1) is 0 Å². The van der Waals surface area contributed by atoms with Gasteiger partial charge in [0.15, 0.2) is 12.2 Å². The number of carbonyl (C=O) groups is 5. The van der Waals surface area contributed by atoms with E-state index in [1.165, 1.54) is 20.8 Å². The van der Waals surface area contributed by atoms with Crippen LogP contribution in [-0.2, 0) is 57.1 Å². The third-order valence-corrected chi connectivity index (χ3v) is 4.90. The maximum atomic E-state index is 11.9. The Labute approximate surface area is 233 Å². The van der Waals surface area contributed by atoms with Gasteiger partial charge in [-0.05, 0) is 20.8 Å². The van der Waals surface area contributed by atoms with Gasteiger partial charge in [0.2, 0.25) is 6.29 Å². The monoisotopic (exact) mass is 578 g/mol. The second kappa shape index (κ2) is 17.6. The van der Waals surface area contributed by atoms with Crippen LogP contribution in [0.3, 0.4) is 0 Å². The molecule has 0 saturated carbocycles. The van der Waals surface area contributed by atoms with Crippen LogP contribution in [0.2, 0.25) is 0 Å². The number of esters is 4. The molecule has 0 radical (unpaired) electrons. The van der Waals surface area contributed by atoms with Gasteiger partial charge in [-0.1, -0.05) is 0 Å². The fourth-order valence-electron chi connectivity index (χ4n) is 3.54. The molecule has 1 heterocycles. The molecule has 1 saturated heterocycles. The van der Waals surface area contributed by atoms with Crippen molar-refractivity contribution in [1.29, 1.82) is 0 Å². The number of alkyl carbamates (subject to hydrolysis) is 1. The summed E-state index contributed by atoms with van der Waals surface area (Å²) in [7, 11) is 0. The van der Waals surface area contributed by atoms with Crippen LogP contribution in [0, 0.1) is 0 Å². The van der Waals surface area contributed by atoms with Crippen molar-refractivity contribution in [3.05, 3.63) is 0 Å². The summed E-state index contributed by atoms with van der Waals surface area (Å²) in [6.45, 7) is 11.1. The maximum Gasteiger partial charge on any atom is 0.407 e. The quantitative estimate of drug-likeness (QED) is 0.153. The van der Waals surface area contributed by atoms with E-state index < -0.39 is 66.2 Å². The van der Waals surface area contributed by atoms with Crippen LogP contribution in [0.5, 0.6) is 0 Å². The van der Waals surface area contributed by atoms with E-state index in [-0.39, 0.29) is 46.1 Å². The van der Waals surface area contributed by atoms with Gasteiger partial charge in [0, 0.05) is 40.8 Å². The van der Waals surface area contributed by atoms with Gasteiger partial charge in [-0.25, -0.2) is 4.79 Å². The zero-order valence-electron chi connectivity index (χ0n) is 24.1. The normalized spacial score (nSPS) is 22.5. The summed E-state index contributed by atoms with van der Waals surface area (Å²) >= 11 is 0. The standard InChI is InChI=1S/C25H42N2O13/c1-15(28)35-14-19-21(36-16(2)29)22(37-17(3)30)20(23(39-19)38-18(4)31)26-8-10-33-12-13-34-11-9-27-24(32)40-25(5,6)7/h19-23,26H,8-14H2,1-7H3,(H,27,32)/t19-,20-,21-,22-,23?/m1/s1. The summed E-state index contributed by atoms with van der Waals surface area (Å²) in [5, 5.41) is 5.63. The molecule has 15 heteroatoms. The highest BCUT2D eigenvalue weighted by Gasteiger charge is 2.51. The third kappa shape index (κ3) is 15.0. The summed E-state index contributed by atoms with van der Waals surface area (Å²) in [6, 6.07) is -0.954. The lowest BCUT2D eigenvalue weighted by Crippen LogP contribution is -2.66. The summed E-state index contributed by atoms with van der Waals surface area (Å²) < 4.78 is 43.0. The molecule has 5 atom stereocenters. The lowest BCUT2D eigenvalue weighted by Gasteiger charge is -2.44. The average Bonchev–Trinajstić information content (AvgIpc) is 2.80. The Kier molecular flexibility index (Phi) is 15.4. The second-order valence-corrected chi connectivity index (χ2v) is 9.74. The number of hydrogen-bond acceptors (Lipinski definition) is 14. The Hall–Kier alpha value is -3.01. The first-order valence-electron chi connectivity index (χ1n) is 12.9. The SMILES string of the molecule is CC(=O)OC[C@H]1OC(OC(C)=O)[C@H](NCCOCCOCCNC(=O)OC(C)(C)C)[C@@H](OC(C)=O)[C@@H]1OC(C)=O. The highest BCUT2D eigenvalue weighted by Crippen LogP contribution is 2.28. The van der Waals surface area contributed by atoms with Gasteiger partial charge in [-0.3, -0.25) is 19.2 Å². The Balaban J connectivity index is 2.66. The van der Waals surface area contributed by atoms with E-state index in [0.29, 0.717) is 0 Å². The summed E-state index contributed by atoms with van der Waals surface area (Å²) in [6.07, 6.45) is -5.21. The smallest absolute Gasteiger partial charge is 0.407 e. The molecule has 0 bridgehead atoms. The van der Waals surface area contributed by atoms with E-state index >= 15 is 0 Å². The molecule has 2 N–H and O–H groups in total. The summed E-state index contributed by atoms with van der Waals surface area (Å²) in [5.74, 6) is -2.66. The highest BCUT2D eigenvalue weighted by atomic mass is 16.7. The number of carbonyl (C=O) groups excluding carboxylic acids is 5. The van der Waals surface area contributed by atoms with Crippen molar-refractivity contribution < 1.29 is 61.9 Å². The van der Waals surface area contributed by atoms with E-state index in [0.717, 1.165) is 6.92 Å². The fourth-order valence-corrected chi connectivity index (χ4v) is 3.54. The largest absolute Gasteiger partial charge is 0.463 e. The summed E-state index contributed by atoms with van der Waals surface area (Å²) in [5.41, 5.74) is -0.583. The molecule has 1 aliphatic heterocycles. The molecule has 230 valence electrons. The van der Waals surface area contributed by atoms with Gasteiger partial charge in [-0.2, -0.15) is 0 Å².